The van der Waals surface area contributed by atoms with Crippen molar-refractivity contribution in [1.29, 1.82) is 0 Å². The number of amides is 1. The van der Waals surface area contributed by atoms with Gasteiger partial charge in [-0.2, -0.15) is 0 Å². The van der Waals surface area contributed by atoms with Gasteiger partial charge in [-0.1, -0.05) is 12.1 Å². The van der Waals surface area contributed by atoms with Gasteiger partial charge in [0.2, 0.25) is 0 Å². The van der Waals surface area contributed by atoms with Gasteiger partial charge in [0.05, 0.1) is 29.0 Å². The lowest BCUT2D eigenvalue weighted by atomic mass is 10.1. The molecular weight excluding hydrogens is 424 g/mol. The van der Waals surface area contributed by atoms with Crippen LogP contribution in [0.1, 0.15) is 38.0 Å². The van der Waals surface area contributed by atoms with Crippen LogP contribution >= 0.6 is 0 Å². The maximum atomic E-state index is 13.9. The van der Waals surface area contributed by atoms with E-state index in [4.69, 9.17) is 9.47 Å². The lowest BCUT2D eigenvalue weighted by Crippen LogP contribution is -2.14. The summed E-state index contributed by atoms with van der Waals surface area (Å²) in [7, 11) is 0. The molecule has 0 heterocycles. The van der Waals surface area contributed by atoms with E-state index >= 15 is 0 Å². The second kappa shape index (κ2) is 9.69. The molecule has 3 aromatic rings. The van der Waals surface area contributed by atoms with Gasteiger partial charge in [-0.15, -0.1) is 0 Å². The van der Waals surface area contributed by atoms with Gasteiger partial charge >= 0.3 is 11.9 Å². The summed E-state index contributed by atoms with van der Waals surface area (Å²) >= 11 is 0. The van der Waals surface area contributed by atoms with Gasteiger partial charge < -0.3 is 19.9 Å². The number of esters is 1. The minimum Gasteiger partial charge on any atom is -0.478 e. The van der Waals surface area contributed by atoms with E-state index in [0.29, 0.717) is 0 Å². The first-order valence-electron chi connectivity index (χ1n) is 9.38. The van der Waals surface area contributed by atoms with Crippen LogP contribution in [0, 0.1) is 11.6 Å². The number of anilines is 1. The molecule has 2 N–H and O–H groups in total. The summed E-state index contributed by atoms with van der Waals surface area (Å²) in [6.07, 6.45) is 0. The van der Waals surface area contributed by atoms with Crippen LogP contribution in [-0.4, -0.2) is 29.6 Å². The zero-order valence-electron chi connectivity index (χ0n) is 16.7. The fourth-order valence-electron chi connectivity index (χ4n) is 2.80. The van der Waals surface area contributed by atoms with Gasteiger partial charge in [-0.05, 0) is 55.5 Å². The summed E-state index contributed by atoms with van der Waals surface area (Å²) in [6, 6.07) is 12.4. The summed E-state index contributed by atoms with van der Waals surface area (Å²) in [6.45, 7) is 1.67. The number of carbonyl (C=O) groups is 3. The van der Waals surface area contributed by atoms with E-state index in [1.165, 1.54) is 24.3 Å². The van der Waals surface area contributed by atoms with Crippen LogP contribution < -0.4 is 10.1 Å². The molecule has 0 aliphatic heterocycles. The molecule has 0 aliphatic rings. The molecule has 0 unspecified atom stereocenters. The molecule has 0 spiro atoms. The molecule has 3 rings (SSSR count). The molecule has 0 fully saturated rings. The third kappa shape index (κ3) is 5.07. The highest BCUT2D eigenvalue weighted by molar-refractivity contribution is 6.05. The topological polar surface area (TPSA) is 102 Å². The van der Waals surface area contributed by atoms with Crippen LogP contribution in [0.2, 0.25) is 0 Å². The van der Waals surface area contributed by atoms with Crippen LogP contribution in [0.3, 0.4) is 0 Å². The SMILES string of the molecule is CCOC(=O)c1ccc(Oc2ccccc2NC(=O)c2cc(F)ccc2F)cc1C(=O)O. The van der Waals surface area contributed by atoms with Gasteiger partial charge in [0.25, 0.3) is 5.91 Å². The number of ether oxygens (including phenoxy) is 2. The first-order valence-corrected chi connectivity index (χ1v) is 9.38. The molecule has 0 saturated heterocycles. The molecule has 164 valence electrons. The third-order valence-electron chi connectivity index (χ3n) is 4.25. The van der Waals surface area contributed by atoms with Crippen LogP contribution in [0.5, 0.6) is 11.5 Å². The first kappa shape index (κ1) is 22.4. The minimum atomic E-state index is -1.36. The van der Waals surface area contributed by atoms with Gasteiger partial charge in [0.1, 0.15) is 17.4 Å². The Bertz CT molecular complexity index is 1190. The molecule has 0 bridgehead atoms. The number of carbonyl (C=O) groups excluding carboxylic acids is 2. The van der Waals surface area contributed by atoms with E-state index in [1.54, 1.807) is 19.1 Å². The summed E-state index contributed by atoms with van der Waals surface area (Å²) in [4.78, 5) is 36.0. The van der Waals surface area contributed by atoms with Crippen LogP contribution in [0.15, 0.2) is 60.7 Å². The van der Waals surface area contributed by atoms with Crippen molar-refractivity contribution in [2.45, 2.75) is 6.92 Å². The highest BCUT2D eigenvalue weighted by Gasteiger charge is 2.20. The Morgan fingerprint density at radius 1 is 0.938 bits per heavy atom. The Kier molecular flexibility index (Phi) is 6.79. The van der Waals surface area contributed by atoms with E-state index < -0.39 is 35.0 Å². The van der Waals surface area contributed by atoms with E-state index in [0.717, 1.165) is 24.3 Å². The molecule has 0 aromatic heterocycles. The van der Waals surface area contributed by atoms with Crippen molar-refractivity contribution in [3.8, 4) is 11.5 Å². The van der Waals surface area contributed by atoms with Crippen molar-refractivity contribution in [3.63, 3.8) is 0 Å². The predicted octanol–water partition coefficient (Wildman–Crippen LogP) is 4.88. The Morgan fingerprint density at radius 2 is 1.69 bits per heavy atom. The van der Waals surface area contributed by atoms with Gasteiger partial charge in [-0.3, -0.25) is 4.79 Å². The second-order valence-electron chi connectivity index (χ2n) is 6.41. The van der Waals surface area contributed by atoms with Gasteiger partial charge in [0, 0.05) is 0 Å². The van der Waals surface area contributed by atoms with E-state index in [-0.39, 0.29) is 34.9 Å². The Labute approximate surface area is 181 Å². The molecule has 9 heteroatoms. The molecule has 32 heavy (non-hydrogen) atoms. The van der Waals surface area contributed by atoms with E-state index in [2.05, 4.69) is 5.32 Å². The number of para-hydroxylation sites is 2. The van der Waals surface area contributed by atoms with Crippen LogP contribution in [-0.2, 0) is 4.74 Å². The van der Waals surface area contributed by atoms with Crippen molar-refractivity contribution in [1.82, 2.24) is 0 Å². The van der Waals surface area contributed by atoms with E-state index in [1.807, 2.05) is 0 Å². The molecule has 0 aliphatic carbocycles. The highest BCUT2D eigenvalue weighted by atomic mass is 19.1. The van der Waals surface area contributed by atoms with Crippen molar-refractivity contribution in [2.24, 2.45) is 0 Å². The summed E-state index contributed by atoms with van der Waals surface area (Å²) in [5.41, 5.74) is -0.835. The molecule has 0 atom stereocenters. The van der Waals surface area contributed by atoms with Crippen LogP contribution in [0.25, 0.3) is 0 Å². The average Bonchev–Trinajstić information content (AvgIpc) is 2.76. The quantitative estimate of drug-likeness (QED) is 0.507. The van der Waals surface area contributed by atoms with Crippen LogP contribution in [0.4, 0.5) is 14.5 Å². The standard InChI is InChI=1S/C23H17F2NO6/c1-2-31-23(30)15-9-8-14(12-16(15)22(28)29)32-20-6-4-3-5-19(20)26-21(27)17-11-13(24)7-10-18(17)25/h3-12H,2H2,1H3,(H,26,27)(H,28,29). The van der Waals surface area contributed by atoms with E-state index in [9.17, 15) is 28.3 Å². The smallest absolute Gasteiger partial charge is 0.339 e. The maximum absolute atomic E-state index is 13.9. The fourth-order valence-corrected chi connectivity index (χ4v) is 2.80. The number of nitrogens with one attached hydrogen (secondary N) is 1. The Balaban J connectivity index is 1.89. The zero-order chi connectivity index (χ0) is 23.3. The maximum Gasteiger partial charge on any atom is 0.339 e. The lowest BCUT2D eigenvalue weighted by molar-refractivity contribution is 0.0514. The fraction of sp³-hybridized carbons (Fsp3) is 0.0870. The molecule has 0 radical (unpaired) electrons. The number of rotatable bonds is 7. The highest BCUT2D eigenvalue weighted by Crippen LogP contribution is 2.31. The third-order valence-corrected chi connectivity index (χ3v) is 4.25. The predicted molar refractivity (Wildman–Crippen MR) is 110 cm³/mol. The summed E-state index contributed by atoms with van der Waals surface area (Å²) in [5.74, 6) is -4.55. The molecule has 1 amide bonds. The molecule has 3 aromatic carbocycles. The lowest BCUT2D eigenvalue weighted by Gasteiger charge is -2.14. The van der Waals surface area contributed by atoms with Gasteiger partial charge in [-0.25, -0.2) is 18.4 Å². The molecule has 7 nitrogen and oxygen atoms in total. The number of hydrogen-bond acceptors (Lipinski definition) is 5. The number of carboxylic acids is 1. The van der Waals surface area contributed by atoms with Crippen molar-refractivity contribution >= 4 is 23.5 Å². The molecular formula is C23H17F2NO6. The second-order valence-corrected chi connectivity index (χ2v) is 6.41. The summed E-state index contributed by atoms with van der Waals surface area (Å²) in [5, 5.41) is 11.9. The van der Waals surface area contributed by atoms with Crippen molar-refractivity contribution in [3.05, 3.63) is 89.0 Å². The average molecular weight is 441 g/mol. The number of aromatic carboxylic acids is 1. The number of halogens is 2. The first-order chi connectivity index (χ1) is 15.3. The van der Waals surface area contributed by atoms with Gasteiger partial charge in [0.15, 0.2) is 5.75 Å². The normalized spacial score (nSPS) is 10.3. The minimum absolute atomic E-state index is 0.0640. The summed E-state index contributed by atoms with van der Waals surface area (Å²) < 4.78 is 37.8. The van der Waals surface area contributed by atoms with Crippen molar-refractivity contribution < 1.29 is 37.7 Å². The Morgan fingerprint density at radius 3 is 2.41 bits per heavy atom. The monoisotopic (exact) mass is 441 g/mol. The number of benzene rings is 3. The molecule has 0 saturated carbocycles. The Hall–Kier alpha value is -4.27. The number of hydrogen-bond donors (Lipinski definition) is 2. The largest absolute Gasteiger partial charge is 0.478 e. The van der Waals surface area contributed by atoms with Crippen molar-refractivity contribution in [2.75, 3.05) is 11.9 Å². The number of carboxylic acid groups (broad SMARTS) is 1. The zero-order valence-corrected chi connectivity index (χ0v) is 16.7.